The first-order valence-electron chi connectivity index (χ1n) is 7.19. The van der Waals surface area contributed by atoms with Crippen LogP contribution < -0.4 is 5.32 Å². The van der Waals surface area contributed by atoms with E-state index in [9.17, 15) is 9.59 Å². The second-order valence-corrected chi connectivity index (χ2v) is 4.85. The molecule has 1 rings (SSSR count). The third-order valence-electron chi connectivity index (χ3n) is 2.94. The number of carboxylic acids is 2. The van der Waals surface area contributed by atoms with Crippen molar-refractivity contribution in [3.63, 3.8) is 0 Å². The molecule has 1 heterocycles. The summed E-state index contributed by atoms with van der Waals surface area (Å²) in [5, 5.41) is 19.6. The highest BCUT2D eigenvalue weighted by Crippen LogP contribution is 2.04. The van der Waals surface area contributed by atoms with Gasteiger partial charge in [-0.05, 0) is 19.8 Å². The number of rotatable bonds is 7. The van der Waals surface area contributed by atoms with Crippen molar-refractivity contribution in [2.75, 3.05) is 6.54 Å². The fourth-order valence-corrected chi connectivity index (χ4v) is 1.80. The third-order valence-corrected chi connectivity index (χ3v) is 2.94. The number of unbranched alkanes of at least 4 members (excludes halogenated alkanes) is 4. The Labute approximate surface area is 120 Å². The Morgan fingerprint density at radius 1 is 1.25 bits per heavy atom. The molecule has 1 aliphatic heterocycles. The molecule has 0 aromatic carbocycles. The summed E-state index contributed by atoms with van der Waals surface area (Å²) in [6, 6.07) is -0.433. The summed E-state index contributed by atoms with van der Waals surface area (Å²) in [5.41, 5.74) is 0. The Kier molecular flexibility index (Phi) is 10.4. The van der Waals surface area contributed by atoms with Crippen molar-refractivity contribution >= 4 is 17.8 Å². The van der Waals surface area contributed by atoms with Gasteiger partial charge in [0.05, 0.1) is 5.84 Å². The van der Waals surface area contributed by atoms with E-state index in [1.165, 1.54) is 19.3 Å². The maximum absolute atomic E-state index is 10.4. The second kappa shape index (κ2) is 11.3. The standard InChI is InChI=1S/C8H16O2.C6H10N2O2/c1-2-3-4-5-6-7-8(9)10;1-4-7-3-2-5(8-4)6(9)10/h2-7H2,1H3,(H,9,10);5H,2-3H2,1H3,(H,7,8)(H,9,10). The van der Waals surface area contributed by atoms with Crippen molar-refractivity contribution in [1.82, 2.24) is 5.32 Å². The largest absolute Gasteiger partial charge is 0.481 e. The SMILES string of the molecule is CC1=NCCC(C(=O)O)N1.CCCCCCCC(=O)O. The molecule has 20 heavy (non-hydrogen) atoms. The Balaban J connectivity index is 0.000000361. The summed E-state index contributed by atoms with van der Waals surface area (Å²) in [5.74, 6) is -0.746. The lowest BCUT2D eigenvalue weighted by Gasteiger charge is -2.18. The van der Waals surface area contributed by atoms with Crippen LogP contribution in [-0.2, 0) is 9.59 Å². The maximum atomic E-state index is 10.4. The highest BCUT2D eigenvalue weighted by molar-refractivity contribution is 5.86. The molecular weight excluding hydrogens is 260 g/mol. The quantitative estimate of drug-likeness (QED) is 0.624. The number of aliphatic carboxylic acids is 2. The van der Waals surface area contributed by atoms with Crippen molar-refractivity contribution in [2.24, 2.45) is 4.99 Å². The van der Waals surface area contributed by atoms with Crippen molar-refractivity contribution < 1.29 is 19.8 Å². The first-order valence-corrected chi connectivity index (χ1v) is 7.19. The number of amidine groups is 1. The van der Waals surface area contributed by atoms with Crippen LogP contribution in [0.5, 0.6) is 0 Å². The summed E-state index contributed by atoms with van der Waals surface area (Å²) >= 11 is 0. The molecule has 1 unspecified atom stereocenters. The van der Waals surface area contributed by atoms with Crippen molar-refractivity contribution in [3.05, 3.63) is 0 Å². The lowest BCUT2D eigenvalue weighted by atomic mass is 10.1. The smallest absolute Gasteiger partial charge is 0.326 e. The number of nitrogens with one attached hydrogen (secondary N) is 1. The molecule has 0 saturated heterocycles. The summed E-state index contributed by atoms with van der Waals surface area (Å²) < 4.78 is 0. The molecule has 0 fully saturated rings. The van der Waals surface area contributed by atoms with Gasteiger partial charge < -0.3 is 15.5 Å². The van der Waals surface area contributed by atoms with Crippen LogP contribution in [0.3, 0.4) is 0 Å². The van der Waals surface area contributed by atoms with Crippen LogP contribution >= 0.6 is 0 Å². The van der Waals surface area contributed by atoms with E-state index >= 15 is 0 Å². The molecule has 0 aliphatic carbocycles. The number of nitrogens with zero attached hydrogens (tertiary/aromatic N) is 1. The second-order valence-electron chi connectivity index (χ2n) is 4.85. The van der Waals surface area contributed by atoms with E-state index in [2.05, 4.69) is 17.2 Å². The Morgan fingerprint density at radius 3 is 2.35 bits per heavy atom. The molecule has 1 aliphatic rings. The third kappa shape index (κ3) is 10.3. The first-order chi connectivity index (χ1) is 9.47. The van der Waals surface area contributed by atoms with E-state index in [0.717, 1.165) is 18.7 Å². The Hall–Kier alpha value is -1.59. The minimum absolute atomic E-state index is 0.337. The van der Waals surface area contributed by atoms with Gasteiger partial charge >= 0.3 is 11.9 Å². The summed E-state index contributed by atoms with van der Waals surface area (Å²) in [6.07, 6.45) is 6.47. The molecular formula is C14H26N2O4. The van der Waals surface area contributed by atoms with Gasteiger partial charge in [0.2, 0.25) is 0 Å². The highest BCUT2D eigenvalue weighted by Gasteiger charge is 2.19. The Morgan fingerprint density at radius 2 is 1.90 bits per heavy atom. The molecule has 0 amide bonds. The highest BCUT2D eigenvalue weighted by atomic mass is 16.4. The van der Waals surface area contributed by atoms with E-state index in [-0.39, 0.29) is 0 Å². The zero-order valence-corrected chi connectivity index (χ0v) is 12.4. The van der Waals surface area contributed by atoms with Gasteiger partial charge in [0.15, 0.2) is 0 Å². The molecule has 0 aromatic heterocycles. The molecule has 0 saturated carbocycles. The average Bonchev–Trinajstić information content (AvgIpc) is 2.39. The van der Waals surface area contributed by atoms with Gasteiger partial charge in [-0.1, -0.05) is 32.6 Å². The van der Waals surface area contributed by atoms with Crippen LogP contribution in [-0.4, -0.2) is 40.6 Å². The van der Waals surface area contributed by atoms with Crippen LogP contribution in [0.4, 0.5) is 0 Å². The van der Waals surface area contributed by atoms with Crippen molar-refractivity contribution in [2.45, 2.75) is 64.8 Å². The topological polar surface area (TPSA) is 99.0 Å². The zero-order chi connectivity index (χ0) is 15.4. The molecule has 6 nitrogen and oxygen atoms in total. The molecule has 0 aromatic rings. The van der Waals surface area contributed by atoms with Gasteiger partial charge in [0, 0.05) is 13.0 Å². The van der Waals surface area contributed by atoms with Gasteiger partial charge in [-0.3, -0.25) is 9.79 Å². The number of aliphatic imine (C=N–C) groups is 1. The number of carbonyl (C=O) groups is 2. The van der Waals surface area contributed by atoms with E-state index in [1.54, 1.807) is 6.92 Å². The van der Waals surface area contributed by atoms with Crippen LogP contribution in [0.2, 0.25) is 0 Å². The van der Waals surface area contributed by atoms with Gasteiger partial charge in [-0.15, -0.1) is 0 Å². The van der Waals surface area contributed by atoms with Gasteiger partial charge in [0.1, 0.15) is 6.04 Å². The van der Waals surface area contributed by atoms with Gasteiger partial charge in [-0.2, -0.15) is 0 Å². The summed E-state index contributed by atoms with van der Waals surface area (Å²) in [6.45, 7) is 4.54. The van der Waals surface area contributed by atoms with E-state index in [4.69, 9.17) is 10.2 Å². The predicted octanol–water partition coefficient (Wildman–Crippen LogP) is 2.28. The molecule has 6 heteroatoms. The number of hydrogen-bond acceptors (Lipinski definition) is 4. The molecule has 0 radical (unpaired) electrons. The average molecular weight is 286 g/mol. The van der Waals surface area contributed by atoms with Crippen molar-refractivity contribution in [3.8, 4) is 0 Å². The molecule has 0 spiro atoms. The lowest BCUT2D eigenvalue weighted by Crippen LogP contribution is -2.42. The monoisotopic (exact) mass is 286 g/mol. The molecule has 0 bridgehead atoms. The normalized spacial score (nSPS) is 17.3. The van der Waals surface area contributed by atoms with E-state index < -0.39 is 18.0 Å². The molecule has 1 atom stereocenters. The minimum Gasteiger partial charge on any atom is -0.481 e. The Bertz CT molecular complexity index is 329. The van der Waals surface area contributed by atoms with Crippen LogP contribution in [0.1, 0.15) is 58.8 Å². The van der Waals surface area contributed by atoms with E-state index in [0.29, 0.717) is 19.4 Å². The zero-order valence-electron chi connectivity index (χ0n) is 12.4. The number of hydrogen-bond donors (Lipinski definition) is 3. The molecule has 3 N–H and O–H groups in total. The van der Waals surface area contributed by atoms with Crippen LogP contribution in [0.25, 0.3) is 0 Å². The fraction of sp³-hybridized carbons (Fsp3) is 0.786. The minimum atomic E-state index is -0.797. The first kappa shape index (κ1) is 18.4. The maximum Gasteiger partial charge on any atom is 0.326 e. The number of carboxylic acid groups (broad SMARTS) is 2. The van der Waals surface area contributed by atoms with Crippen LogP contribution in [0.15, 0.2) is 4.99 Å². The summed E-state index contributed by atoms with van der Waals surface area (Å²) in [7, 11) is 0. The van der Waals surface area contributed by atoms with E-state index in [1.807, 2.05) is 0 Å². The van der Waals surface area contributed by atoms with Crippen molar-refractivity contribution in [1.29, 1.82) is 0 Å². The predicted molar refractivity (Wildman–Crippen MR) is 78.2 cm³/mol. The van der Waals surface area contributed by atoms with Gasteiger partial charge in [-0.25, -0.2) is 4.79 Å². The summed E-state index contributed by atoms with van der Waals surface area (Å²) in [4.78, 5) is 24.4. The fourth-order valence-electron chi connectivity index (χ4n) is 1.80. The molecule has 116 valence electrons. The van der Waals surface area contributed by atoms with Crippen LogP contribution in [0, 0.1) is 0 Å². The van der Waals surface area contributed by atoms with Gasteiger partial charge in [0.25, 0.3) is 0 Å². The lowest BCUT2D eigenvalue weighted by molar-refractivity contribution is -0.139.